The number of nitrogens with zero attached hydrogens (tertiary/aromatic N) is 3. The lowest BCUT2D eigenvalue weighted by atomic mass is 10.3. The molecule has 2 N–H and O–H groups in total. The van der Waals surface area contributed by atoms with Gasteiger partial charge in [0.25, 0.3) is 0 Å². The molecular formula is C13H21BrN4. The van der Waals surface area contributed by atoms with Gasteiger partial charge in [-0.3, -0.25) is 0 Å². The minimum atomic E-state index is 0.746. The van der Waals surface area contributed by atoms with Gasteiger partial charge < -0.3 is 15.5 Å². The number of aryl methyl sites for hydroxylation is 1. The van der Waals surface area contributed by atoms with E-state index in [1.54, 1.807) is 0 Å². The highest BCUT2D eigenvalue weighted by Crippen LogP contribution is 2.20. The zero-order chi connectivity index (χ0) is 13.0. The normalized spacial score (nSPS) is 17.8. The summed E-state index contributed by atoms with van der Waals surface area (Å²) in [7, 11) is 0. The summed E-state index contributed by atoms with van der Waals surface area (Å²) in [6.07, 6.45) is 3.07. The van der Waals surface area contributed by atoms with Crippen LogP contribution in [0.15, 0.2) is 16.7 Å². The van der Waals surface area contributed by atoms with Crippen molar-refractivity contribution in [2.45, 2.75) is 13.3 Å². The molecule has 1 fully saturated rings. The van der Waals surface area contributed by atoms with Gasteiger partial charge >= 0.3 is 0 Å². The fraction of sp³-hybridized carbons (Fsp3) is 0.615. The lowest BCUT2D eigenvalue weighted by molar-refractivity contribution is 0.302. The molecule has 0 bridgehead atoms. The van der Waals surface area contributed by atoms with Gasteiger partial charge in [0.15, 0.2) is 0 Å². The van der Waals surface area contributed by atoms with Crippen LogP contribution in [0.1, 0.15) is 12.0 Å². The van der Waals surface area contributed by atoms with Crippen LogP contribution in [-0.4, -0.2) is 49.2 Å². The Morgan fingerprint density at radius 2 is 2.17 bits per heavy atom. The van der Waals surface area contributed by atoms with Gasteiger partial charge in [0.05, 0.1) is 0 Å². The molecule has 1 aromatic rings. The van der Waals surface area contributed by atoms with Crippen molar-refractivity contribution in [3.05, 3.63) is 22.3 Å². The van der Waals surface area contributed by atoms with E-state index in [0.717, 1.165) is 49.6 Å². The Labute approximate surface area is 117 Å². The molecule has 0 saturated carbocycles. The van der Waals surface area contributed by atoms with Crippen LogP contribution in [-0.2, 0) is 0 Å². The largest absolute Gasteiger partial charge is 0.355 e. The predicted molar refractivity (Wildman–Crippen MR) is 79.0 cm³/mol. The van der Waals surface area contributed by atoms with Gasteiger partial charge in [-0.25, -0.2) is 4.98 Å². The Morgan fingerprint density at radius 3 is 2.89 bits per heavy atom. The van der Waals surface area contributed by atoms with Gasteiger partial charge in [-0.2, -0.15) is 0 Å². The van der Waals surface area contributed by atoms with Gasteiger partial charge in [-0.05, 0) is 47.4 Å². The summed E-state index contributed by atoms with van der Waals surface area (Å²) >= 11 is 3.50. The Hall–Kier alpha value is -0.650. The SMILES string of the molecule is Cc1cc(N2CCCN(CCN)CC2)ncc1Br. The van der Waals surface area contributed by atoms with Gasteiger partial charge in [0.1, 0.15) is 5.82 Å². The summed E-state index contributed by atoms with van der Waals surface area (Å²) in [5, 5.41) is 0. The molecule has 0 aromatic carbocycles. The summed E-state index contributed by atoms with van der Waals surface area (Å²) < 4.78 is 1.07. The maximum atomic E-state index is 5.62. The van der Waals surface area contributed by atoms with Crippen LogP contribution >= 0.6 is 15.9 Å². The van der Waals surface area contributed by atoms with Crippen LogP contribution in [0.5, 0.6) is 0 Å². The molecule has 1 aromatic heterocycles. The molecule has 1 aliphatic rings. The molecule has 18 heavy (non-hydrogen) atoms. The number of hydrogen-bond donors (Lipinski definition) is 1. The van der Waals surface area contributed by atoms with Crippen molar-refractivity contribution >= 4 is 21.7 Å². The third kappa shape index (κ3) is 3.43. The number of pyridine rings is 1. The van der Waals surface area contributed by atoms with Crippen molar-refractivity contribution in [1.82, 2.24) is 9.88 Å². The van der Waals surface area contributed by atoms with Crippen LogP contribution in [0.25, 0.3) is 0 Å². The molecule has 1 saturated heterocycles. The van der Waals surface area contributed by atoms with Crippen LogP contribution in [0.2, 0.25) is 0 Å². The van der Waals surface area contributed by atoms with E-state index < -0.39 is 0 Å². The first-order valence-electron chi connectivity index (χ1n) is 6.50. The van der Waals surface area contributed by atoms with E-state index >= 15 is 0 Å². The summed E-state index contributed by atoms with van der Waals surface area (Å²) in [5.74, 6) is 1.09. The van der Waals surface area contributed by atoms with Crippen molar-refractivity contribution < 1.29 is 0 Å². The minimum Gasteiger partial charge on any atom is -0.355 e. The first kappa shape index (κ1) is 13.8. The summed E-state index contributed by atoms with van der Waals surface area (Å²) in [6, 6.07) is 2.16. The topological polar surface area (TPSA) is 45.4 Å². The molecule has 2 heterocycles. The molecule has 4 nitrogen and oxygen atoms in total. The Kier molecular flexibility index (Phi) is 4.97. The number of rotatable bonds is 3. The van der Waals surface area contributed by atoms with E-state index in [4.69, 9.17) is 5.73 Å². The quantitative estimate of drug-likeness (QED) is 0.921. The minimum absolute atomic E-state index is 0.746. The molecular weight excluding hydrogens is 292 g/mol. The lowest BCUT2D eigenvalue weighted by Crippen LogP contribution is -2.34. The van der Waals surface area contributed by atoms with Gasteiger partial charge in [-0.1, -0.05) is 0 Å². The first-order valence-corrected chi connectivity index (χ1v) is 7.29. The van der Waals surface area contributed by atoms with Crippen molar-refractivity contribution in [2.75, 3.05) is 44.2 Å². The molecule has 2 rings (SSSR count). The van der Waals surface area contributed by atoms with Crippen LogP contribution in [0.4, 0.5) is 5.82 Å². The van der Waals surface area contributed by atoms with Crippen molar-refractivity contribution in [3.8, 4) is 0 Å². The molecule has 0 spiro atoms. The monoisotopic (exact) mass is 312 g/mol. The second-order valence-corrected chi connectivity index (χ2v) is 5.62. The third-order valence-corrected chi connectivity index (χ3v) is 4.22. The standard InChI is InChI=1S/C13H21BrN4/c1-11-9-13(16-10-12(11)14)18-5-2-4-17(6-3-15)7-8-18/h9-10H,2-8,15H2,1H3. The maximum absolute atomic E-state index is 5.62. The Balaban J connectivity index is 2.02. The highest BCUT2D eigenvalue weighted by Gasteiger charge is 2.15. The predicted octanol–water partition coefficient (Wildman–Crippen LogP) is 1.62. The molecule has 0 amide bonds. The zero-order valence-electron chi connectivity index (χ0n) is 10.9. The van der Waals surface area contributed by atoms with Crippen LogP contribution < -0.4 is 10.6 Å². The lowest BCUT2D eigenvalue weighted by Gasteiger charge is -2.22. The smallest absolute Gasteiger partial charge is 0.128 e. The first-order chi connectivity index (χ1) is 8.70. The van der Waals surface area contributed by atoms with Crippen LogP contribution in [0, 0.1) is 6.92 Å². The summed E-state index contributed by atoms with van der Waals surface area (Å²) in [5.41, 5.74) is 6.86. The van der Waals surface area contributed by atoms with Gasteiger partial charge in [0.2, 0.25) is 0 Å². The molecule has 0 aliphatic carbocycles. The number of nitrogens with two attached hydrogens (primary N) is 1. The molecule has 1 aliphatic heterocycles. The number of halogens is 1. The third-order valence-electron chi connectivity index (χ3n) is 3.39. The van der Waals surface area contributed by atoms with E-state index in [-0.39, 0.29) is 0 Å². The Morgan fingerprint density at radius 1 is 1.33 bits per heavy atom. The highest BCUT2D eigenvalue weighted by molar-refractivity contribution is 9.10. The molecule has 0 atom stereocenters. The molecule has 100 valence electrons. The summed E-state index contributed by atoms with van der Waals surface area (Å²) in [6.45, 7) is 8.19. The fourth-order valence-corrected chi connectivity index (χ4v) is 2.52. The van der Waals surface area contributed by atoms with E-state index in [1.165, 1.54) is 12.0 Å². The average molecular weight is 313 g/mol. The van der Waals surface area contributed by atoms with Gasteiger partial charge in [-0.15, -0.1) is 0 Å². The van der Waals surface area contributed by atoms with E-state index in [2.05, 4.69) is 43.7 Å². The van der Waals surface area contributed by atoms with Gasteiger partial charge in [0, 0.05) is 43.4 Å². The number of aromatic nitrogens is 1. The molecule has 0 unspecified atom stereocenters. The average Bonchev–Trinajstić information content (AvgIpc) is 2.59. The van der Waals surface area contributed by atoms with Crippen molar-refractivity contribution in [2.24, 2.45) is 5.73 Å². The number of anilines is 1. The van der Waals surface area contributed by atoms with E-state index in [1.807, 2.05) is 6.20 Å². The van der Waals surface area contributed by atoms with Crippen molar-refractivity contribution in [3.63, 3.8) is 0 Å². The maximum Gasteiger partial charge on any atom is 0.128 e. The van der Waals surface area contributed by atoms with E-state index in [0.29, 0.717) is 0 Å². The summed E-state index contributed by atoms with van der Waals surface area (Å²) in [4.78, 5) is 9.32. The van der Waals surface area contributed by atoms with Crippen molar-refractivity contribution in [1.29, 1.82) is 0 Å². The molecule has 0 radical (unpaired) electrons. The zero-order valence-corrected chi connectivity index (χ0v) is 12.5. The van der Waals surface area contributed by atoms with Crippen LogP contribution in [0.3, 0.4) is 0 Å². The fourth-order valence-electron chi connectivity index (χ4n) is 2.30. The second-order valence-electron chi connectivity index (χ2n) is 4.76. The van der Waals surface area contributed by atoms with E-state index in [9.17, 15) is 0 Å². The molecule has 5 heteroatoms. The highest BCUT2D eigenvalue weighted by atomic mass is 79.9. The Bertz CT molecular complexity index is 397. The number of hydrogen-bond acceptors (Lipinski definition) is 4. The second kappa shape index (κ2) is 6.50.